The normalized spacial score (nSPS) is 31.4. The minimum absolute atomic E-state index is 0.408. The van der Waals surface area contributed by atoms with Crippen LogP contribution in [-0.2, 0) is 14.3 Å². The first-order valence-electron chi connectivity index (χ1n) is 2.96. The first kappa shape index (κ1) is 6.99. The van der Waals surface area contributed by atoms with E-state index in [1.807, 2.05) is 0 Å². The number of hydrogen-bond acceptors (Lipinski definition) is 3. The molecule has 0 fully saturated rings. The molecule has 0 saturated carbocycles. The molecule has 3 nitrogen and oxygen atoms in total. The molecular weight excluding hydrogens is 132 g/mol. The van der Waals surface area contributed by atoms with Crippen molar-refractivity contribution in [3.8, 4) is 0 Å². The number of esters is 1. The van der Waals surface area contributed by atoms with Crippen LogP contribution >= 0.6 is 0 Å². The average molecular weight is 140 g/mol. The van der Waals surface area contributed by atoms with Gasteiger partial charge in [0.05, 0.1) is 0 Å². The Morgan fingerprint density at radius 2 is 2.30 bits per heavy atom. The Morgan fingerprint density at radius 1 is 1.70 bits per heavy atom. The summed E-state index contributed by atoms with van der Waals surface area (Å²) in [5, 5.41) is 0. The van der Waals surface area contributed by atoms with Gasteiger partial charge in [-0.05, 0) is 19.9 Å². The number of carbonyl (C=O) groups excluding carboxylic acids is 2. The largest absolute Gasteiger partial charge is 0.444 e. The van der Waals surface area contributed by atoms with Gasteiger partial charge in [-0.2, -0.15) is 0 Å². The van der Waals surface area contributed by atoms with Crippen molar-refractivity contribution in [3.05, 3.63) is 11.6 Å². The van der Waals surface area contributed by atoms with E-state index in [0.29, 0.717) is 11.9 Å². The van der Waals surface area contributed by atoms with E-state index < -0.39 is 11.6 Å². The van der Waals surface area contributed by atoms with Crippen molar-refractivity contribution >= 4 is 12.3 Å². The molecule has 1 heterocycles. The molecule has 0 bridgehead atoms. The lowest BCUT2D eigenvalue weighted by Gasteiger charge is -2.11. The van der Waals surface area contributed by atoms with Crippen LogP contribution in [0.4, 0.5) is 0 Å². The van der Waals surface area contributed by atoms with E-state index in [4.69, 9.17) is 4.74 Å². The molecule has 0 spiro atoms. The Labute approximate surface area is 58.7 Å². The highest BCUT2D eigenvalue weighted by Gasteiger charge is 2.33. The zero-order valence-electron chi connectivity index (χ0n) is 5.88. The first-order valence-corrected chi connectivity index (χ1v) is 2.96. The lowest BCUT2D eigenvalue weighted by molar-refractivity contribution is -0.149. The summed E-state index contributed by atoms with van der Waals surface area (Å²) in [4.78, 5) is 21.0. The Morgan fingerprint density at radius 3 is 2.50 bits per heavy atom. The predicted molar refractivity (Wildman–Crippen MR) is 34.3 cm³/mol. The molecule has 0 N–H and O–H groups in total. The fourth-order valence-electron chi connectivity index (χ4n) is 0.857. The van der Waals surface area contributed by atoms with Crippen LogP contribution in [0.2, 0.25) is 0 Å². The van der Waals surface area contributed by atoms with Crippen LogP contribution in [0.5, 0.6) is 0 Å². The molecule has 0 saturated heterocycles. The van der Waals surface area contributed by atoms with Crippen molar-refractivity contribution in [2.45, 2.75) is 19.4 Å². The van der Waals surface area contributed by atoms with E-state index in [2.05, 4.69) is 0 Å². The van der Waals surface area contributed by atoms with Crippen molar-refractivity contribution in [3.63, 3.8) is 0 Å². The van der Waals surface area contributed by atoms with Gasteiger partial charge in [0.25, 0.3) is 0 Å². The fourth-order valence-corrected chi connectivity index (χ4v) is 0.857. The minimum atomic E-state index is -1.01. The number of aldehydes is 1. The molecule has 3 heteroatoms. The second kappa shape index (κ2) is 1.94. The third-order valence-corrected chi connectivity index (χ3v) is 1.37. The Hall–Kier alpha value is -1.12. The predicted octanol–water partition coefficient (Wildman–Crippen LogP) is 0.447. The van der Waals surface area contributed by atoms with Crippen molar-refractivity contribution in [1.29, 1.82) is 0 Å². The summed E-state index contributed by atoms with van der Waals surface area (Å²) in [5.74, 6) is -0.408. The molecule has 0 aromatic rings. The maximum Gasteiger partial charge on any atom is 0.334 e. The molecule has 1 unspecified atom stereocenters. The van der Waals surface area contributed by atoms with Crippen LogP contribution in [0.25, 0.3) is 0 Å². The van der Waals surface area contributed by atoms with Gasteiger partial charge in [-0.25, -0.2) is 4.79 Å². The molecule has 0 amide bonds. The summed E-state index contributed by atoms with van der Waals surface area (Å²) in [7, 11) is 0. The summed E-state index contributed by atoms with van der Waals surface area (Å²) < 4.78 is 4.71. The summed E-state index contributed by atoms with van der Waals surface area (Å²) in [6, 6.07) is 0. The van der Waals surface area contributed by atoms with Crippen molar-refractivity contribution in [1.82, 2.24) is 0 Å². The number of ether oxygens (including phenoxy) is 1. The van der Waals surface area contributed by atoms with Gasteiger partial charge in [-0.1, -0.05) is 0 Å². The zero-order valence-corrected chi connectivity index (χ0v) is 5.88. The number of rotatable bonds is 1. The van der Waals surface area contributed by atoms with E-state index in [1.165, 1.54) is 6.08 Å². The molecule has 0 aromatic heterocycles. The number of hydrogen-bond donors (Lipinski definition) is 0. The maximum atomic E-state index is 10.7. The summed E-state index contributed by atoms with van der Waals surface area (Å²) in [6.45, 7) is 3.17. The third-order valence-electron chi connectivity index (χ3n) is 1.37. The fraction of sp³-hybridized carbons (Fsp3) is 0.429. The molecule has 1 rings (SSSR count). The van der Waals surface area contributed by atoms with Gasteiger partial charge < -0.3 is 4.74 Å². The van der Waals surface area contributed by atoms with Gasteiger partial charge in [-0.15, -0.1) is 0 Å². The SMILES string of the molecule is CC1=CC(C)(C=O)OC1=O. The minimum Gasteiger partial charge on any atom is -0.444 e. The second-order valence-corrected chi connectivity index (χ2v) is 2.52. The topological polar surface area (TPSA) is 43.4 Å². The Bertz CT molecular complexity index is 217. The molecule has 0 radical (unpaired) electrons. The van der Waals surface area contributed by atoms with Gasteiger partial charge in [0, 0.05) is 5.57 Å². The Balaban J connectivity index is 2.92. The first-order chi connectivity index (χ1) is 4.57. The summed E-state index contributed by atoms with van der Waals surface area (Å²) in [5.41, 5.74) is -0.518. The average Bonchev–Trinajstić information content (AvgIpc) is 2.10. The molecule has 1 atom stereocenters. The highest BCUT2D eigenvalue weighted by molar-refractivity contribution is 5.94. The third kappa shape index (κ3) is 0.943. The highest BCUT2D eigenvalue weighted by Crippen LogP contribution is 2.21. The smallest absolute Gasteiger partial charge is 0.334 e. The van der Waals surface area contributed by atoms with Crippen LogP contribution < -0.4 is 0 Å². The maximum absolute atomic E-state index is 10.7. The van der Waals surface area contributed by atoms with Crippen molar-refractivity contribution in [2.75, 3.05) is 0 Å². The van der Waals surface area contributed by atoms with Crippen LogP contribution in [0.1, 0.15) is 13.8 Å². The summed E-state index contributed by atoms with van der Waals surface area (Å²) >= 11 is 0. The van der Waals surface area contributed by atoms with Crippen LogP contribution in [-0.4, -0.2) is 17.9 Å². The molecule has 0 aliphatic carbocycles. The van der Waals surface area contributed by atoms with E-state index in [9.17, 15) is 9.59 Å². The van der Waals surface area contributed by atoms with E-state index in [0.717, 1.165) is 0 Å². The summed E-state index contributed by atoms with van der Waals surface area (Å²) in [6.07, 6.45) is 2.13. The number of carbonyl (C=O) groups is 2. The van der Waals surface area contributed by atoms with Gasteiger partial charge in [0.2, 0.25) is 0 Å². The molecule has 1 aliphatic rings. The molecule has 1 aliphatic heterocycles. The molecular formula is C7H8O3. The van der Waals surface area contributed by atoms with Crippen molar-refractivity contribution in [2.24, 2.45) is 0 Å². The van der Waals surface area contributed by atoms with E-state index >= 15 is 0 Å². The van der Waals surface area contributed by atoms with Crippen molar-refractivity contribution < 1.29 is 14.3 Å². The lowest BCUT2D eigenvalue weighted by atomic mass is 10.1. The number of cyclic esters (lactones) is 1. The van der Waals surface area contributed by atoms with E-state index in [1.54, 1.807) is 13.8 Å². The van der Waals surface area contributed by atoms with Gasteiger partial charge in [0.1, 0.15) is 0 Å². The van der Waals surface area contributed by atoms with Gasteiger partial charge >= 0.3 is 5.97 Å². The van der Waals surface area contributed by atoms with Gasteiger partial charge in [-0.3, -0.25) is 4.79 Å². The second-order valence-electron chi connectivity index (χ2n) is 2.52. The van der Waals surface area contributed by atoms with Gasteiger partial charge in [0.15, 0.2) is 11.9 Å². The molecule has 0 aromatic carbocycles. The molecule has 10 heavy (non-hydrogen) atoms. The standard InChI is InChI=1S/C7H8O3/c1-5-3-7(2,4-8)10-6(5)9/h3-4H,1-2H3. The lowest BCUT2D eigenvalue weighted by Crippen LogP contribution is -2.25. The van der Waals surface area contributed by atoms with Crippen LogP contribution in [0.15, 0.2) is 11.6 Å². The zero-order chi connectivity index (χ0) is 7.78. The van der Waals surface area contributed by atoms with Crippen LogP contribution in [0, 0.1) is 0 Å². The Kier molecular flexibility index (Phi) is 1.35. The monoisotopic (exact) mass is 140 g/mol. The van der Waals surface area contributed by atoms with Crippen LogP contribution in [0.3, 0.4) is 0 Å². The molecule has 54 valence electrons. The highest BCUT2D eigenvalue weighted by atomic mass is 16.6. The van der Waals surface area contributed by atoms with E-state index in [-0.39, 0.29) is 0 Å². The quantitative estimate of drug-likeness (QED) is 0.392.